The molecule has 0 spiro atoms. The van der Waals surface area contributed by atoms with E-state index < -0.39 is 0 Å². The molecule has 1 aromatic carbocycles. The molecule has 0 saturated carbocycles. The van der Waals surface area contributed by atoms with Crippen LogP contribution in [0.15, 0.2) is 30.5 Å². The Morgan fingerprint density at radius 1 is 1.33 bits per heavy atom. The molecule has 1 N–H and O–H groups in total. The van der Waals surface area contributed by atoms with Crippen molar-refractivity contribution in [3.63, 3.8) is 0 Å². The van der Waals surface area contributed by atoms with E-state index in [0.717, 1.165) is 6.54 Å². The highest BCUT2D eigenvalue weighted by atomic mass is 15.3. The normalized spacial score (nSPS) is 12.7. The van der Waals surface area contributed by atoms with Gasteiger partial charge in [-0.05, 0) is 26.3 Å². The number of nitrogens with one attached hydrogen (secondary N) is 1. The van der Waals surface area contributed by atoms with Crippen LogP contribution in [0.4, 0.5) is 0 Å². The highest BCUT2D eigenvalue weighted by Gasteiger charge is 2.07. The first kappa shape index (κ1) is 12.8. The summed E-state index contributed by atoms with van der Waals surface area (Å²) in [6, 6.07) is 8.98. The van der Waals surface area contributed by atoms with Crippen molar-refractivity contribution in [3.8, 4) is 0 Å². The molecule has 3 heteroatoms. The molecule has 0 aliphatic heterocycles. The standard InChI is InChI=1S/C15H21N3/c1-11-6-5-7-14(8-11)12(2)16-9-15-10-17-18(4)13(15)3/h5-8,10,12,16H,9H2,1-4H3/t12-/m1/s1. The molecule has 1 aromatic heterocycles. The molecule has 0 unspecified atom stereocenters. The fraction of sp³-hybridized carbons (Fsp3) is 0.400. The van der Waals surface area contributed by atoms with Crippen LogP contribution in [0.1, 0.15) is 35.3 Å². The molecule has 0 aliphatic carbocycles. The van der Waals surface area contributed by atoms with Crippen LogP contribution in [0.5, 0.6) is 0 Å². The van der Waals surface area contributed by atoms with Gasteiger partial charge in [-0.1, -0.05) is 29.8 Å². The van der Waals surface area contributed by atoms with Gasteiger partial charge in [0.2, 0.25) is 0 Å². The molecular weight excluding hydrogens is 222 g/mol. The van der Waals surface area contributed by atoms with Crippen molar-refractivity contribution in [2.45, 2.75) is 33.4 Å². The molecule has 2 rings (SSSR count). The summed E-state index contributed by atoms with van der Waals surface area (Å²) in [5.41, 5.74) is 5.12. The van der Waals surface area contributed by atoms with Crippen molar-refractivity contribution in [3.05, 3.63) is 52.8 Å². The Morgan fingerprint density at radius 2 is 2.11 bits per heavy atom. The van der Waals surface area contributed by atoms with Crippen molar-refractivity contribution in [2.24, 2.45) is 7.05 Å². The molecular formula is C15H21N3. The van der Waals surface area contributed by atoms with Gasteiger partial charge in [-0.15, -0.1) is 0 Å². The average molecular weight is 243 g/mol. The quantitative estimate of drug-likeness (QED) is 0.895. The number of aryl methyl sites for hydroxylation is 2. The summed E-state index contributed by atoms with van der Waals surface area (Å²) in [6.07, 6.45) is 1.94. The minimum Gasteiger partial charge on any atom is -0.306 e. The van der Waals surface area contributed by atoms with E-state index in [1.165, 1.54) is 22.4 Å². The summed E-state index contributed by atoms with van der Waals surface area (Å²) in [7, 11) is 1.98. The van der Waals surface area contributed by atoms with Gasteiger partial charge in [-0.3, -0.25) is 4.68 Å². The summed E-state index contributed by atoms with van der Waals surface area (Å²) >= 11 is 0. The number of hydrogen-bond acceptors (Lipinski definition) is 2. The van der Waals surface area contributed by atoms with Crippen molar-refractivity contribution in [1.82, 2.24) is 15.1 Å². The summed E-state index contributed by atoms with van der Waals surface area (Å²) in [5, 5.41) is 7.80. The van der Waals surface area contributed by atoms with Crippen LogP contribution in [0, 0.1) is 13.8 Å². The summed E-state index contributed by atoms with van der Waals surface area (Å²) in [6.45, 7) is 7.28. The Morgan fingerprint density at radius 3 is 2.72 bits per heavy atom. The maximum Gasteiger partial charge on any atom is 0.0537 e. The molecule has 1 atom stereocenters. The van der Waals surface area contributed by atoms with Crippen LogP contribution >= 0.6 is 0 Å². The Labute approximate surface area is 109 Å². The first-order chi connectivity index (χ1) is 8.58. The topological polar surface area (TPSA) is 29.9 Å². The third-order valence-corrected chi connectivity index (χ3v) is 3.48. The molecule has 0 fully saturated rings. The zero-order valence-electron chi connectivity index (χ0n) is 11.6. The van der Waals surface area contributed by atoms with Crippen molar-refractivity contribution < 1.29 is 0 Å². The van der Waals surface area contributed by atoms with Gasteiger partial charge in [0.25, 0.3) is 0 Å². The predicted molar refractivity (Wildman–Crippen MR) is 74.4 cm³/mol. The van der Waals surface area contributed by atoms with Gasteiger partial charge in [0.1, 0.15) is 0 Å². The summed E-state index contributed by atoms with van der Waals surface area (Å²) in [4.78, 5) is 0. The van der Waals surface area contributed by atoms with Crippen molar-refractivity contribution >= 4 is 0 Å². The van der Waals surface area contributed by atoms with Crippen LogP contribution in [-0.4, -0.2) is 9.78 Å². The van der Waals surface area contributed by atoms with Gasteiger partial charge in [0, 0.05) is 30.9 Å². The molecule has 3 nitrogen and oxygen atoms in total. The molecule has 2 aromatic rings. The third-order valence-electron chi connectivity index (χ3n) is 3.48. The smallest absolute Gasteiger partial charge is 0.0537 e. The van der Waals surface area contributed by atoms with Gasteiger partial charge in [-0.2, -0.15) is 5.10 Å². The number of aromatic nitrogens is 2. The molecule has 96 valence electrons. The minimum absolute atomic E-state index is 0.351. The maximum absolute atomic E-state index is 4.26. The molecule has 0 amide bonds. The lowest BCUT2D eigenvalue weighted by Gasteiger charge is -2.14. The summed E-state index contributed by atoms with van der Waals surface area (Å²) < 4.78 is 1.91. The lowest BCUT2D eigenvalue weighted by molar-refractivity contribution is 0.572. The van der Waals surface area contributed by atoms with Gasteiger partial charge >= 0.3 is 0 Å². The van der Waals surface area contributed by atoms with Gasteiger partial charge in [0.05, 0.1) is 6.20 Å². The first-order valence-corrected chi connectivity index (χ1v) is 6.35. The van der Waals surface area contributed by atoms with E-state index in [1.54, 1.807) is 0 Å². The van der Waals surface area contributed by atoms with E-state index in [0.29, 0.717) is 6.04 Å². The lowest BCUT2D eigenvalue weighted by Crippen LogP contribution is -2.18. The fourth-order valence-corrected chi connectivity index (χ4v) is 2.04. The average Bonchev–Trinajstić information content (AvgIpc) is 2.67. The van der Waals surface area contributed by atoms with Crippen LogP contribution in [0.25, 0.3) is 0 Å². The Bertz CT molecular complexity index is 528. The van der Waals surface area contributed by atoms with E-state index >= 15 is 0 Å². The van der Waals surface area contributed by atoms with Crippen LogP contribution < -0.4 is 5.32 Å². The zero-order chi connectivity index (χ0) is 13.1. The third kappa shape index (κ3) is 2.79. The van der Waals surface area contributed by atoms with E-state index in [-0.39, 0.29) is 0 Å². The molecule has 0 aliphatic rings. The fourth-order valence-electron chi connectivity index (χ4n) is 2.04. The number of hydrogen-bond donors (Lipinski definition) is 1. The van der Waals surface area contributed by atoms with Crippen LogP contribution in [0.3, 0.4) is 0 Å². The Kier molecular flexibility index (Phi) is 3.82. The van der Waals surface area contributed by atoms with E-state index in [1.807, 2.05) is 17.9 Å². The van der Waals surface area contributed by atoms with E-state index in [2.05, 4.69) is 55.5 Å². The predicted octanol–water partition coefficient (Wildman–Crippen LogP) is 2.89. The number of nitrogens with zero attached hydrogens (tertiary/aromatic N) is 2. The van der Waals surface area contributed by atoms with Crippen molar-refractivity contribution in [2.75, 3.05) is 0 Å². The van der Waals surface area contributed by atoms with Crippen molar-refractivity contribution in [1.29, 1.82) is 0 Å². The first-order valence-electron chi connectivity index (χ1n) is 6.35. The molecule has 0 radical (unpaired) electrons. The second-order valence-electron chi connectivity index (χ2n) is 4.90. The molecule has 18 heavy (non-hydrogen) atoms. The SMILES string of the molecule is Cc1cccc([C@@H](C)NCc2cnn(C)c2C)c1. The molecule has 0 bridgehead atoms. The second-order valence-corrected chi connectivity index (χ2v) is 4.90. The summed E-state index contributed by atoms with van der Waals surface area (Å²) in [5.74, 6) is 0. The highest BCUT2D eigenvalue weighted by molar-refractivity contribution is 5.25. The van der Waals surface area contributed by atoms with Gasteiger partial charge in [-0.25, -0.2) is 0 Å². The Balaban J connectivity index is 2.00. The van der Waals surface area contributed by atoms with Crippen LogP contribution in [-0.2, 0) is 13.6 Å². The monoisotopic (exact) mass is 243 g/mol. The highest BCUT2D eigenvalue weighted by Crippen LogP contribution is 2.15. The number of benzene rings is 1. The van der Waals surface area contributed by atoms with Gasteiger partial charge in [0.15, 0.2) is 0 Å². The molecule has 1 heterocycles. The number of rotatable bonds is 4. The molecule has 0 saturated heterocycles. The Hall–Kier alpha value is -1.61. The lowest BCUT2D eigenvalue weighted by atomic mass is 10.1. The maximum atomic E-state index is 4.26. The van der Waals surface area contributed by atoms with Gasteiger partial charge < -0.3 is 5.32 Å². The van der Waals surface area contributed by atoms with E-state index in [9.17, 15) is 0 Å². The zero-order valence-corrected chi connectivity index (χ0v) is 11.6. The van der Waals surface area contributed by atoms with Crippen LogP contribution in [0.2, 0.25) is 0 Å². The minimum atomic E-state index is 0.351. The second kappa shape index (κ2) is 5.36. The van der Waals surface area contributed by atoms with E-state index in [4.69, 9.17) is 0 Å². The largest absolute Gasteiger partial charge is 0.306 e.